The molecule has 7 rings (SSSR count). The first kappa shape index (κ1) is 25.3. The number of ether oxygens (including phenoxy) is 2. The Morgan fingerprint density at radius 1 is 0.850 bits per heavy atom. The summed E-state index contributed by atoms with van der Waals surface area (Å²) in [6, 6.07) is 14.7. The molecule has 2 aliphatic carbocycles. The van der Waals surface area contributed by atoms with Gasteiger partial charge in [-0.3, -0.25) is 9.59 Å². The zero-order valence-corrected chi connectivity index (χ0v) is 21.0. The van der Waals surface area contributed by atoms with Crippen molar-refractivity contribution in [2.75, 3.05) is 13.2 Å². The molecule has 5 N–H and O–H groups in total. The Bertz CT molecular complexity index is 1670. The van der Waals surface area contributed by atoms with Gasteiger partial charge in [-0.05, 0) is 41.0 Å². The highest BCUT2D eigenvalue weighted by atomic mass is 16.5. The van der Waals surface area contributed by atoms with Crippen LogP contribution in [0.1, 0.15) is 33.0 Å². The second kappa shape index (κ2) is 9.32. The van der Waals surface area contributed by atoms with Gasteiger partial charge in [0.1, 0.15) is 47.4 Å². The Balaban J connectivity index is 0.000000145. The number of aliphatic hydroxyl groups is 1. The molecule has 0 fully saturated rings. The van der Waals surface area contributed by atoms with Crippen molar-refractivity contribution in [2.24, 2.45) is 0 Å². The van der Waals surface area contributed by atoms with Gasteiger partial charge in [-0.1, -0.05) is 30.3 Å². The maximum atomic E-state index is 12.4. The molecule has 40 heavy (non-hydrogen) atoms. The molecule has 2 atom stereocenters. The number of hydrogen-bond acceptors (Lipinski definition) is 9. The number of aromatic hydroxyl groups is 4. The number of allylic oxidation sites excluding steroid dienone is 3. The van der Waals surface area contributed by atoms with Gasteiger partial charge in [-0.25, -0.2) is 0 Å². The number of hydrogen-bond donors (Lipinski definition) is 5. The van der Waals surface area contributed by atoms with Crippen LogP contribution in [0.15, 0.2) is 84.2 Å². The van der Waals surface area contributed by atoms with Gasteiger partial charge in [-0.15, -0.1) is 0 Å². The summed E-state index contributed by atoms with van der Waals surface area (Å²) in [5.74, 6) is -0.938. The zero-order chi connectivity index (χ0) is 28.2. The van der Waals surface area contributed by atoms with Crippen LogP contribution in [0.4, 0.5) is 0 Å². The highest BCUT2D eigenvalue weighted by molar-refractivity contribution is 6.06. The highest BCUT2D eigenvalue weighted by Crippen LogP contribution is 2.50. The summed E-state index contributed by atoms with van der Waals surface area (Å²) in [5.41, 5.74) is 2.48. The molecule has 3 aromatic rings. The molecule has 1 unspecified atom stereocenters. The van der Waals surface area contributed by atoms with Crippen LogP contribution < -0.4 is 4.74 Å². The van der Waals surface area contributed by atoms with Crippen LogP contribution in [-0.4, -0.2) is 55.9 Å². The van der Waals surface area contributed by atoms with Crippen LogP contribution >= 0.6 is 0 Å². The molecule has 9 heteroatoms. The zero-order valence-electron chi connectivity index (χ0n) is 21.0. The van der Waals surface area contributed by atoms with E-state index < -0.39 is 11.5 Å². The van der Waals surface area contributed by atoms with Gasteiger partial charge in [0.25, 0.3) is 0 Å². The standard InChI is InChI=1S/C16H12O5.C15H12O4/c17-9-1-2-10-14(4-9)21-7-16(20)6-8-3-12(18)13(19)5-11(8)15(10)16;16-10-6-12(17)14-13(7-10)19-8-11(15(14)18)9-4-2-1-3-5-9/h1-5,18-20H,6-7H2;1-7,11,16-17H,8H2/t16-;/m1./s1. The molecule has 0 saturated carbocycles. The third kappa shape index (κ3) is 4.17. The van der Waals surface area contributed by atoms with Crippen molar-refractivity contribution in [3.8, 4) is 28.7 Å². The molecule has 0 bridgehead atoms. The van der Waals surface area contributed by atoms with E-state index in [1.54, 1.807) is 6.08 Å². The van der Waals surface area contributed by atoms with Crippen molar-refractivity contribution in [3.05, 3.63) is 106 Å². The van der Waals surface area contributed by atoms with E-state index in [0.717, 1.165) is 17.2 Å². The van der Waals surface area contributed by atoms with E-state index in [9.17, 15) is 35.1 Å². The maximum absolute atomic E-state index is 12.4. The van der Waals surface area contributed by atoms with E-state index in [1.807, 2.05) is 30.3 Å². The number of phenolic OH excluding ortho intramolecular Hbond substituents is 4. The van der Waals surface area contributed by atoms with Crippen LogP contribution in [-0.2, 0) is 16.0 Å². The molecule has 0 saturated heterocycles. The fourth-order valence-electron chi connectivity index (χ4n) is 5.50. The summed E-state index contributed by atoms with van der Waals surface area (Å²) in [5, 5.41) is 49.4. The predicted octanol–water partition coefficient (Wildman–Crippen LogP) is 3.65. The average Bonchev–Trinajstić information content (AvgIpc) is 3.21. The van der Waals surface area contributed by atoms with Gasteiger partial charge in [-0.2, -0.15) is 0 Å². The van der Waals surface area contributed by atoms with Crippen LogP contribution in [0.3, 0.4) is 0 Å². The first-order chi connectivity index (χ1) is 19.1. The number of fused-ring (bicyclic) bond motifs is 5. The topological polar surface area (TPSA) is 154 Å². The summed E-state index contributed by atoms with van der Waals surface area (Å²) in [6.45, 7) is 0.244. The fourth-order valence-corrected chi connectivity index (χ4v) is 5.50. The number of ketones is 2. The van der Waals surface area contributed by atoms with Gasteiger partial charge in [0.2, 0.25) is 0 Å². The number of rotatable bonds is 1. The highest BCUT2D eigenvalue weighted by Gasteiger charge is 2.46. The maximum Gasteiger partial charge on any atom is 0.182 e. The third-order valence-electron chi connectivity index (χ3n) is 7.34. The second-order valence-electron chi connectivity index (χ2n) is 10.0. The molecule has 202 valence electrons. The third-order valence-corrected chi connectivity index (χ3v) is 7.34. The lowest BCUT2D eigenvalue weighted by Crippen LogP contribution is -2.38. The minimum Gasteiger partial charge on any atom is -0.508 e. The van der Waals surface area contributed by atoms with Crippen molar-refractivity contribution in [3.63, 3.8) is 0 Å². The molecule has 2 aliphatic heterocycles. The summed E-state index contributed by atoms with van der Waals surface area (Å²) in [6.07, 6.45) is 4.72. The lowest BCUT2D eigenvalue weighted by atomic mass is 9.86. The Kier molecular flexibility index (Phi) is 5.89. The van der Waals surface area contributed by atoms with Crippen molar-refractivity contribution in [1.82, 2.24) is 0 Å². The summed E-state index contributed by atoms with van der Waals surface area (Å²) in [7, 11) is 0. The Morgan fingerprint density at radius 3 is 2.38 bits per heavy atom. The number of carbonyl (C=O) groups excluding carboxylic acids is 2. The van der Waals surface area contributed by atoms with Crippen LogP contribution in [0.2, 0.25) is 0 Å². The molecule has 4 aliphatic rings. The summed E-state index contributed by atoms with van der Waals surface area (Å²) in [4.78, 5) is 23.9. The second-order valence-corrected chi connectivity index (χ2v) is 10.0. The fraction of sp³-hybridized carbons (Fsp3) is 0.161. The van der Waals surface area contributed by atoms with E-state index >= 15 is 0 Å². The van der Waals surface area contributed by atoms with Crippen molar-refractivity contribution in [2.45, 2.75) is 17.9 Å². The lowest BCUT2D eigenvalue weighted by Gasteiger charge is -2.33. The van der Waals surface area contributed by atoms with E-state index in [2.05, 4.69) is 0 Å². The predicted molar refractivity (Wildman–Crippen MR) is 142 cm³/mol. The Labute approximate surface area is 228 Å². The Morgan fingerprint density at radius 2 is 1.60 bits per heavy atom. The van der Waals surface area contributed by atoms with Gasteiger partial charge in [0, 0.05) is 35.8 Å². The largest absolute Gasteiger partial charge is 0.508 e. The first-order valence-corrected chi connectivity index (χ1v) is 12.5. The Hall–Kier alpha value is -5.02. The molecular weight excluding hydrogens is 516 g/mol. The quantitative estimate of drug-likeness (QED) is 0.291. The molecule has 2 heterocycles. The minimum atomic E-state index is -1.21. The van der Waals surface area contributed by atoms with E-state index in [4.69, 9.17) is 9.47 Å². The molecule has 0 amide bonds. The van der Waals surface area contributed by atoms with Crippen LogP contribution in [0, 0.1) is 0 Å². The van der Waals surface area contributed by atoms with Crippen LogP contribution in [0.25, 0.3) is 5.57 Å². The van der Waals surface area contributed by atoms with Crippen molar-refractivity contribution >= 4 is 17.1 Å². The monoisotopic (exact) mass is 540 g/mol. The van der Waals surface area contributed by atoms with E-state index in [1.165, 1.54) is 30.4 Å². The smallest absolute Gasteiger partial charge is 0.182 e. The first-order valence-electron chi connectivity index (χ1n) is 12.5. The molecule has 0 aromatic heterocycles. The molecule has 0 radical (unpaired) electrons. The van der Waals surface area contributed by atoms with E-state index in [0.29, 0.717) is 28.9 Å². The van der Waals surface area contributed by atoms with Crippen molar-refractivity contribution in [1.29, 1.82) is 0 Å². The SMILES string of the molecule is O=C1C=CC2=C3c4cc(O)c(O)cc4C[C@@]3(O)COC2=C1.O=C1c2c(O)cc(O)cc2OCC1c1ccccc1. The van der Waals surface area contributed by atoms with Crippen LogP contribution in [0.5, 0.6) is 28.7 Å². The molecular formula is C31H24O9. The van der Waals surface area contributed by atoms with Crippen molar-refractivity contribution < 1.29 is 44.6 Å². The van der Waals surface area contributed by atoms with Gasteiger partial charge >= 0.3 is 0 Å². The normalized spacial score (nSPS) is 22.0. The molecule has 3 aromatic carbocycles. The number of Topliss-reactive ketones (excluding diaryl/α,β-unsaturated/α-hetero) is 1. The number of carbonyl (C=O) groups is 2. The summed E-state index contributed by atoms with van der Waals surface area (Å²) < 4.78 is 11.0. The summed E-state index contributed by atoms with van der Waals surface area (Å²) >= 11 is 0. The van der Waals surface area contributed by atoms with E-state index in [-0.39, 0.29) is 59.1 Å². The number of phenols is 4. The average molecular weight is 541 g/mol. The molecule has 9 nitrogen and oxygen atoms in total. The van der Waals surface area contributed by atoms with Gasteiger partial charge in [0.05, 0.1) is 5.92 Å². The lowest BCUT2D eigenvalue weighted by molar-refractivity contribution is -0.110. The van der Waals surface area contributed by atoms with Gasteiger partial charge < -0.3 is 35.0 Å². The molecule has 0 spiro atoms. The van der Waals surface area contributed by atoms with Gasteiger partial charge in [0.15, 0.2) is 23.1 Å². The minimum absolute atomic E-state index is 0.0367. The number of benzene rings is 3.